The van der Waals surface area contributed by atoms with Crippen LogP contribution in [0.5, 0.6) is 0 Å². The van der Waals surface area contributed by atoms with Gasteiger partial charge >= 0.3 is 0 Å². The molecule has 1 aromatic carbocycles. The average Bonchev–Trinajstić information content (AvgIpc) is 2.46. The summed E-state index contributed by atoms with van der Waals surface area (Å²) >= 11 is 3.23. The molecule has 1 aliphatic heterocycles. The van der Waals surface area contributed by atoms with E-state index in [-0.39, 0.29) is 11.5 Å². The van der Waals surface area contributed by atoms with Crippen molar-refractivity contribution in [2.75, 3.05) is 6.54 Å². The number of carbonyl (C=O) groups is 1. The second kappa shape index (κ2) is 5.84. The number of hydrogen-bond acceptors (Lipinski definition) is 1. The fraction of sp³-hybridized carbons (Fsp3) is 0.562. The fourth-order valence-corrected chi connectivity index (χ4v) is 4.03. The zero-order chi connectivity index (χ0) is 14.1. The second-order valence-electron chi connectivity index (χ2n) is 5.88. The first-order valence-electron chi connectivity index (χ1n) is 7.43. The van der Waals surface area contributed by atoms with Gasteiger partial charge in [0.1, 0.15) is 5.82 Å². The van der Waals surface area contributed by atoms with E-state index in [1.54, 1.807) is 12.1 Å². The first-order valence-corrected chi connectivity index (χ1v) is 8.22. The molecule has 0 unspecified atom stereocenters. The normalized spacial score (nSPS) is 26.2. The van der Waals surface area contributed by atoms with Gasteiger partial charge in [-0.2, -0.15) is 0 Å². The van der Waals surface area contributed by atoms with Gasteiger partial charge in [-0.15, -0.1) is 0 Å². The van der Waals surface area contributed by atoms with E-state index in [1.807, 2.05) is 4.90 Å². The fourth-order valence-electron chi connectivity index (χ4n) is 3.69. The van der Waals surface area contributed by atoms with Crippen LogP contribution in [0.3, 0.4) is 0 Å². The molecule has 3 rings (SSSR count). The Balaban J connectivity index is 1.85. The molecule has 0 N–H and O–H groups in total. The lowest BCUT2D eigenvalue weighted by atomic mass is 9.78. The maximum absolute atomic E-state index is 14.0. The van der Waals surface area contributed by atoms with Gasteiger partial charge < -0.3 is 4.90 Å². The molecular weight excluding hydrogens is 321 g/mol. The molecule has 1 aliphatic carbocycles. The number of piperidine rings is 1. The third kappa shape index (κ3) is 2.62. The molecule has 2 nitrogen and oxygen atoms in total. The van der Waals surface area contributed by atoms with Crippen LogP contribution >= 0.6 is 15.9 Å². The highest BCUT2D eigenvalue weighted by atomic mass is 79.9. The van der Waals surface area contributed by atoms with E-state index in [9.17, 15) is 9.18 Å². The first-order chi connectivity index (χ1) is 9.66. The molecule has 2 atom stereocenters. The van der Waals surface area contributed by atoms with E-state index in [0.29, 0.717) is 16.4 Å². The molecule has 1 heterocycles. The molecule has 20 heavy (non-hydrogen) atoms. The van der Waals surface area contributed by atoms with Gasteiger partial charge in [-0.05, 0) is 49.8 Å². The first kappa shape index (κ1) is 14.1. The molecule has 2 aliphatic rings. The van der Waals surface area contributed by atoms with Crippen LogP contribution in [-0.4, -0.2) is 23.4 Å². The van der Waals surface area contributed by atoms with Crippen molar-refractivity contribution in [2.24, 2.45) is 5.92 Å². The molecule has 2 fully saturated rings. The van der Waals surface area contributed by atoms with Gasteiger partial charge in [0.15, 0.2) is 0 Å². The van der Waals surface area contributed by atoms with Crippen LogP contribution in [0.2, 0.25) is 0 Å². The summed E-state index contributed by atoms with van der Waals surface area (Å²) in [5, 5.41) is 0. The van der Waals surface area contributed by atoms with Crippen molar-refractivity contribution in [1.29, 1.82) is 0 Å². The molecule has 1 saturated carbocycles. The minimum Gasteiger partial charge on any atom is -0.335 e. The Hall–Kier alpha value is -0.900. The predicted molar refractivity (Wildman–Crippen MR) is 80.1 cm³/mol. The molecule has 0 aromatic heterocycles. The summed E-state index contributed by atoms with van der Waals surface area (Å²) < 4.78 is 14.7. The lowest BCUT2D eigenvalue weighted by Crippen LogP contribution is -2.49. The summed E-state index contributed by atoms with van der Waals surface area (Å²) in [6, 6.07) is 5.02. The van der Waals surface area contributed by atoms with Crippen molar-refractivity contribution in [2.45, 2.75) is 44.6 Å². The third-order valence-corrected chi connectivity index (χ3v) is 5.16. The largest absolute Gasteiger partial charge is 0.335 e. The maximum Gasteiger partial charge on any atom is 0.257 e. The SMILES string of the molecule is O=C(c1ccc(Br)cc1F)N1CCC[C@H]2CCCC[C@H]21. The maximum atomic E-state index is 14.0. The molecule has 4 heteroatoms. The Bertz CT molecular complexity index is 517. The van der Waals surface area contributed by atoms with E-state index in [4.69, 9.17) is 0 Å². The van der Waals surface area contributed by atoms with Gasteiger partial charge in [0, 0.05) is 17.1 Å². The summed E-state index contributed by atoms with van der Waals surface area (Å²) in [4.78, 5) is 14.6. The highest BCUT2D eigenvalue weighted by Gasteiger charge is 2.36. The number of fused-ring (bicyclic) bond motifs is 1. The van der Waals surface area contributed by atoms with Gasteiger partial charge in [0.25, 0.3) is 5.91 Å². The molecule has 1 amide bonds. The van der Waals surface area contributed by atoms with Gasteiger partial charge in [-0.25, -0.2) is 4.39 Å². The molecule has 0 radical (unpaired) electrons. The van der Waals surface area contributed by atoms with Crippen molar-refractivity contribution < 1.29 is 9.18 Å². The number of benzene rings is 1. The molecule has 1 saturated heterocycles. The zero-order valence-electron chi connectivity index (χ0n) is 11.4. The number of hydrogen-bond donors (Lipinski definition) is 0. The van der Waals surface area contributed by atoms with Crippen LogP contribution < -0.4 is 0 Å². The van der Waals surface area contributed by atoms with E-state index in [1.165, 1.54) is 31.7 Å². The minimum absolute atomic E-state index is 0.133. The van der Waals surface area contributed by atoms with Crippen LogP contribution in [-0.2, 0) is 0 Å². The van der Waals surface area contributed by atoms with Crippen molar-refractivity contribution in [1.82, 2.24) is 4.90 Å². The molecule has 108 valence electrons. The van der Waals surface area contributed by atoms with Crippen molar-refractivity contribution in [3.05, 3.63) is 34.1 Å². The summed E-state index contributed by atoms with van der Waals surface area (Å²) in [7, 11) is 0. The summed E-state index contributed by atoms with van der Waals surface area (Å²) in [5.74, 6) is 0.0638. The van der Waals surface area contributed by atoms with Crippen LogP contribution in [0.25, 0.3) is 0 Å². The highest BCUT2D eigenvalue weighted by molar-refractivity contribution is 9.10. The molecule has 0 spiro atoms. The average molecular weight is 340 g/mol. The van der Waals surface area contributed by atoms with Crippen molar-refractivity contribution >= 4 is 21.8 Å². The number of rotatable bonds is 1. The van der Waals surface area contributed by atoms with Crippen molar-refractivity contribution in [3.8, 4) is 0 Å². The lowest BCUT2D eigenvalue weighted by molar-refractivity contribution is 0.0386. The number of amides is 1. The summed E-state index contributed by atoms with van der Waals surface area (Å²) in [6.07, 6.45) is 7.03. The molecule has 1 aromatic rings. The Labute approximate surface area is 127 Å². The minimum atomic E-state index is -0.428. The van der Waals surface area contributed by atoms with E-state index < -0.39 is 5.82 Å². The van der Waals surface area contributed by atoms with E-state index >= 15 is 0 Å². The lowest BCUT2D eigenvalue weighted by Gasteiger charge is -2.44. The summed E-state index contributed by atoms with van der Waals surface area (Å²) in [5.41, 5.74) is 0.208. The Morgan fingerprint density at radius 2 is 1.95 bits per heavy atom. The number of halogens is 2. The second-order valence-corrected chi connectivity index (χ2v) is 6.79. The number of carbonyl (C=O) groups excluding carboxylic acids is 1. The number of nitrogens with zero attached hydrogens (tertiary/aromatic N) is 1. The smallest absolute Gasteiger partial charge is 0.257 e. The van der Waals surface area contributed by atoms with Gasteiger partial charge in [-0.1, -0.05) is 28.8 Å². The van der Waals surface area contributed by atoms with Crippen LogP contribution in [0.4, 0.5) is 4.39 Å². The highest BCUT2D eigenvalue weighted by Crippen LogP contribution is 2.36. The van der Waals surface area contributed by atoms with Crippen molar-refractivity contribution in [3.63, 3.8) is 0 Å². The quantitative estimate of drug-likeness (QED) is 0.743. The monoisotopic (exact) mass is 339 g/mol. The van der Waals surface area contributed by atoms with Gasteiger partial charge in [-0.3, -0.25) is 4.79 Å². The topological polar surface area (TPSA) is 20.3 Å². The number of likely N-dealkylation sites (tertiary alicyclic amines) is 1. The zero-order valence-corrected chi connectivity index (χ0v) is 13.0. The van der Waals surface area contributed by atoms with Gasteiger partial charge in [0.2, 0.25) is 0 Å². The van der Waals surface area contributed by atoms with Crippen LogP contribution in [0, 0.1) is 11.7 Å². The Morgan fingerprint density at radius 3 is 2.75 bits per heavy atom. The molecular formula is C16H19BrFNO. The standard InChI is InChI=1S/C16H19BrFNO/c17-12-7-8-13(14(18)10-12)16(20)19-9-3-5-11-4-1-2-6-15(11)19/h7-8,10-11,15H,1-6,9H2/t11-,15-/m1/s1. The third-order valence-electron chi connectivity index (χ3n) is 4.67. The molecule has 0 bridgehead atoms. The van der Waals surface area contributed by atoms with E-state index in [0.717, 1.165) is 19.4 Å². The predicted octanol–water partition coefficient (Wildman–Crippen LogP) is 4.38. The summed E-state index contributed by atoms with van der Waals surface area (Å²) in [6.45, 7) is 0.773. The van der Waals surface area contributed by atoms with Gasteiger partial charge in [0.05, 0.1) is 5.56 Å². The van der Waals surface area contributed by atoms with Crippen LogP contribution in [0.1, 0.15) is 48.9 Å². The van der Waals surface area contributed by atoms with E-state index in [2.05, 4.69) is 15.9 Å². The van der Waals surface area contributed by atoms with Crippen LogP contribution in [0.15, 0.2) is 22.7 Å². The Morgan fingerprint density at radius 1 is 1.20 bits per heavy atom. The Kier molecular flexibility index (Phi) is 4.11.